The molecule has 1 aliphatic rings. The van der Waals surface area contributed by atoms with Crippen molar-refractivity contribution in [2.75, 3.05) is 26.2 Å². The lowest BCUT2D eigenvalue weighted by molar-refractivity contribution is -0.131. The number of hydrogen-bond donors (Lipinski definition) is 1. The molecule has 0 radical (unpaired) electrons. The van der Waals surface area contributed by atoms with Crippen molar-refractivity contribution < 1.29 is 4.79 Å². The first kappa shape index (κ1) is 13.0. The Labute approximate surface area is 97.6 Å². The number of likely N-dealkylation sites (N-methyl/N-ethyl adjacent to an activating group) is 1. The van der Waals surface area contributed by atoms with E-state index in [0.717, 1.165) is 38.9 Å². The van der Waals surface area contributed by atoms with Gasteiger partial charge in [0.25, 0.3) is 0 Å². The first-order valence-electron chi connectivity index (χ1n) is 6.10. The molecule has 1 fully saturated rings. The summed E-state index contributed by atoms with van der Waals surface area (Å²) >= 11 is 0. The van der Waals surface area contributed by atoms with E-state index in [1.165, 1.54) is 0 Å². The van der Waals surface area contributed by atoms with Crippen molar-refractivity contribution in [3.05, 3.63) is 0 Å². The number of nitrogens with zero attached hydrogens (tertiary/aromatic N) is 2. The highest BCUT2D eigenvalue weighted by Gasteiger charge is 2.44. The summed E-state index contributed by atoms with van der Waals surface area (Å²) in [6, 6.07) is 2.16. The molecule has 1 rings (SSSR count). The van der Waals surface area contributed by atoms with Crippen LogP contribution in [0.4, 0.5) is 0 Å². The SMILES string of the molecule is CCN(CC)CCNC(=O)C1(C#N)CCC1. The predicted octanol–water partition coefficient (Wildman–Crippen LogP) is 1.14. The zero-order valence-electron chi connectivity index (χ0n) is 10.3. The van der Waals surface area contributed by atoms with Crippen molar-refractivity contribution >= 4 is 5.91 Å². The fourth-order valence-electron chi connectivity index (χ4n) is 1.96. The smallest absolute Gasteiger partial charge is 0.240 e. The fraction of sp³-hybridized carbons (Fsp3) is 0.833. The first-order chi connectivity index (χ1) is 7.68. The van der Waals surface area contributed by atoms with Gasteiger partial charge in [0.1, 0.15) is 5.41 Å². The van der Waals surface area contributed by atoms with E-state index in [0.29, 0.717) is 6.54 Å². The van der Waals surface area contributed by atoms with Crippen LogP contribution in [0.15, 0.2) is 0 Å². The van der Waals surface area contributed by atoms with Crippen molar-refractivity contribution in [2.45, 2.75) is 33.1 Å². The summed E-state index contributed by atoms with van der Waals surface area (Å²) in [4.78, 5) is 14.0. The van der Waals surface area contributed by atoms with E-state index in [-0.39, 0.29) is 5.91 Å². The van der Waals surface area contributed by atoms with Gasteiger partial charge in [0.2, 0.25) is 5.91 Å². The van der Waals surface area contributed by atoms with Crippen LogP contribution >= 0.6 is 0 Å². The lowest BCUT2D eigenvalue weighted by Gasteiger charge is -2.33. The predicted molar refractivity (Wildman–Crippen MR) is 62.7 cm³/mol. The maximum atomic E-state index is 11.8. The minimum Gasteiger partial charge on any atom is -0.353 e. The third-order valence-corrected chi connectivity index (χ3v) is 3.46. The van der Waals surface area contributed by atoms with Gasteiger partial charge in [-0.05, 0) is 32.4 Å². The summed E-state index contributed by atoms with van der Waals surface area (Å²) in [6.07, 6.45) is 2.44. The monoisotopic (exact) mass is 223 g/mol. The van der Waals surface area contributed by atoms with Gasteiger partial charge in [-0.25, -0.2) is 0 Å². The molecule has 90 valence electrons. The summed E-state index contributed by atoms with van der Waals surface area (Å²) in [5, 5.41) is 11.9. The van der Waals surface area contributed by atoms with Gasteiger partial charge < -0.3 is 10.2 Å². The van der Waals surface area contributed by atoms with Gasteiger partial charge in [-0.1, -0.05) is 13.8 Å². The quantitative estimate of drug-likeness (QED) is 0.734. The van der Waals surface area contributed by atoms with E-state index in [1.807, 2.05) is 0 Å². The van der Waals surface area contributed by atoms with Crippen molar-refractivity contribution in [2.24, 2.45) is 5.41 Å². The molecule has 1 aliphatic carbocycles. The van der Waals surface area contributed by atoms with Crippen LogP contribution in [-0.2, 0) is 4.79 Å². The second-order valence-electron chi connectivity index (χ2n) is 4.33. The third kappa shape index (κ3) is 2.73. The number of nitriles is 1. The van der Waals surface area contributed by atoms with Crippen molar-refractivity contribution in [1.82, 2.24) is 10.2 Å². The van der Waals surface area contributed by atoms with Crippen LogP contribution in [0, 0.1) is 16.7 Å². The molecule has 0 unspecified atom stereocenters. The summed E-state index contributed by atoms with van der Waals surface area (Å²) in [7, 11) is 0. The molecule has 1 N–H and O–H groups in total. The topological polar surface area (TPSA) is 56.1 Å². The van der Waals surface area contributed by atoms with Gasteiger partial charge in [0.15, 0.2) is 0 Å². The Balaban J connectivity index is 2.28. The largest absolute Gasteiger partial charge is 0.353 e. The Morgan fingerprint density at radius 2 is 2.06 bits per heavy atom. The van der Waals surface area contributed by atoms with Crippen LogP contribution in [-0.4, -0.2) is 37.0 Å². The van der Waals surface area contributed by atoms with Crippen molar-refractivity contribution in [1.29, 1.82) is 5.26 Å². The molecule has 1 amide bonds. The molecule has 0 bridgehead atoms. The summed E-state index contributed by atoms with van der Waals surface area (Å²) in [6.45, 7) is 7.71. The van der Waals surface area contributed by atoms with E-state index in [4.69, 9.17) is 5.26 Å². The molecule has 0 saturated heterocycles. The Bertz CT molecular complexity index is 274. The third-order valence-electron chi connectivity index (χ3n) is 3.46. The van der Waals surface area contributed by atoms with E-state index in [9.17, 15) is 4.79 Å². The number of carbonyl (C=O) groups excluding carboxylic acids is 1. The summed E-state index contributed by atoms with van der Waals surface area (Å²) in [5.41, 5.74) is -0.705. The van der Waals surface area contributed by atoms with Crippen LogP contribution in [0.25, 0.3) is 0 Å². The average molecular weight is 223 g/mol. The van der Waals surface area contributed by atoms with E-state index in [1.54, 1.807) is 0 Å². The Morgan fingerprint density at radius 3 is 2.44 bits per heavy atom. The van der Waals surface area contributed by atoms with E-state index in [2.05, 4.69) is 30.1 Å². The number of carbonyl (C=O) groups is 1. The zero-order valence-corrected chi connectivity index (χ0v) is 10.3. The molecule has 0 spiro atoms. The molecule has 0 aliphatic heterocycles. The van der Waals surface area contributed by atoms with Gasteiger partial charge >= 0.3 is 0 Å². The van der Waals surface area contributed by atoms with E-state index >= 15 is 0 Å². The molecular weight excluding hydrogens is 202 g/mol. The minimum atomic E-state index is -0.705. The van der Waals surface area contributed by atoms with Crippen LogP contribution in [0.2, 0.25) is 0 Å². The highest BCUT2D eigenvalue weighted by Crippen LogP contribution is 2.40. The van der Waals surface area contributed by atoms with Gasteiger partial charge in [0.05, 0.1) is 6.07 Å². The zero-order chi connectivity index (χ0) is 12.0. The first-order valence-corrected chi connectivity index (χ1v) is 6.10. The second kappa shape index (κ2) is 5.86. The van der Waals surface area contributed by atoms with Crippen LogP contribution in [0.5, 0.6) is 0 Å². The van der Waals surface area contributed by atoms with Crippen LogP contribution in [0.1, 0.15) is 33.1 Å². The Morgan fingerprint density at radius 1 is 1.44 bits per heavy atom. The van der Waals surface area contributed by atoms with Crippen molar-refractivity contribution in [3.63, 3.8) is 0 Å². The highest BCUT2D eigenvalue weighted by molar-refractivity contribution is 5.86. The van der Waals surface area contributed by atoms with E-state index < -0.39 is 5.41 Å². The van der Waals surface area contributed by atoms with Gasteiger partial charge in [0, 0.05) is 13.1 Å². The maximum Gasteiger partial charge on any atom is 0.240 e. The lowest BCUT2D eigenvalue weighted by atomic mass is 9.69. The molecule has 0 heterocycles. The van der Waals surface area contributed by atoms with Gasteiger partial charge in [-0.15, -0.1) is 0 Å². The molecule has 0 aromatic carbocycles. The normalized spacial score (nSPS) is 17.6. The summed E-state index contributed by atoms with van der Waals surface area (Å²) < 4.78 is 0. The minimum absolute atomic E-state index is 0.0755. The summed E-state index contributed by atoms with van der Waals surface area (Å²) in [5.74, 6) is -0.0755. The molecule has 4 heteroatoms. The fourth-order valence-corrected chi connectivity index (χ4v) is 1.96. The molecule has 0 atom stereocenters. The van der Waals surface area contributed by atoms with Crippen molar-refractivity contribution in [3.8, 4) is 6.07 Å². The number of amides is 1. The van der Waals surface area contributed by atoms with Crippen LogP contribution < -0.4 is 5.32 Å². The van der Waals surface area contributed by atoms with Crippen LogP contribution in [0.3, 0.4) is 0 Å². The number of rotatable bonds is 6. The number of nitrogens with one attached hydrogen (secondary N) is 1. The molecule has 1 saturated carbocycles. The second-order valence-corrected chi connectivity index (χ2v) is 4.33. The molecule has 0 aromatic heterocycles. The lowest BCUT2D eigenvalue weighted by Crippen LogP contribution is -2.46. The van der Waals surface area contributed by atoms with Gasteiger partial charge in [-0.2, -0.15) is 5.26 Å². The number of hydrogen-bond acceptors (Lipinski definition) is 3. The molecule has 0 aromatic rings. The average Bonchev–Trinajstić information content (AvgIpc) is 2.24. The molecule has 16 heavy (non-hydrogen) atoms. The molecular formula is C12H21N3O. The molecule has 4 nitrogen and oxygen atoms in total. The maximum absolute atomic E-state index is 11.8. The Hall–Kier alpha value is -1.08. The highest BCUT2D eigenvalue weighted by atomic mass is 16.2. The Kier molecular flexibility index (Phi) is 4.75. The van der Waals surface area contributed by atoms with Gasteiger partial charge in [-0.3, -0.25) is 4.79 Å². The standard InChI is InChI=1S/C12H21N3O/c1-3-15(4-2)9-8-14-11(16)12(10-13)6-5-7-12/h3-9H2,1-2H3,(H,14,16).